The second-order valence-corrected chi connectivity index (χ2v) is 5.26. The van der Waals surface area contributed by atoms with Gasteiger partial charge in [0.05, 0.1) is 5.01 Å². The van der Waals surface area contributed by atoms with Crippen LogP contribution in [-0.2, 0) is 17.4 Å². The molecule has 1 aromatic rings. The van der Waals surface area contributed by atoms with Crippen molar-refractivity contribution < 1.29 is 18.0 Å². The van der Waals surface area contributed by atoms with Crippen molar-refractivity contribution in [3.05, 3.63) is 16.1 Å². The van der Waals surface area contributed by atoms with Gasteiger partial charge in [0.15, 0.2) is 5.69 Å². The lowest BCUT2D eigenvalue weighted by molar-refractivity contribution is -0.140. The Hall–Kier alpha value is -0.860. The van der Waals surface area contributed by atoms with Crippen molar-refractivity contribution in [3.8, 4) is 0 Å². The molecule has 0 saturated heterocycles. The number of carbonyl (C=O) groups is 1. The molecule has 116 valence electrons. The van der Waals surface area contributed by atoms with Crippen LogP contribution in [0.25, 0.3) is 0 Å². The smallest absolute Gasteiger partial charge is 0.355 e. The van der Waals surface area contributed by atoms with Gasteiger partial charge >= 0.3 is 6.18 Å². The summed E-state index contributed by atoms with van der Waals surface area (Å²) in [5.74, 6) is -0.537. The highest BCUT2D eigenvalue weighted by Crippen LogP contribution is 2.29. The maximum Gasteiger partial charge on any atom is 0.434 e. The van der Waals surface area contributed by atoms with E-state index in [0.29, 0.717) is 5.01 Å². The monoisotopic (exact) mass is 331 g/mol. The van der Waals surface area contributed by atoms with E-state index in [9.17, 15) is 18.0 Å². The van der Waals surface area contributed by atoms with Gasteiger partial charge in [-0.1, -0.05) is 6.92 Å². The van der Waals surface area contributed by atoms with Gasteiger partial charge in [-0.25, -0.2) is 4.98 Å². The van der Waals surface area contributed by atoms with Crippen LogP contribution < -0.4 is 11.1 Å². The maximum atomic E-state index is 12.3. The number of nitrogens with one attached hydrogen (secondary N) is 1. The molecule has 1 amide bonds. The number of halogens is 4. The SMILES string of the molecule is CC(N)C(C)C(=O)NCCc1nc(C(F)(F)F)cs1.Cl. The van der Waals surface area contributed by atoms with Gasteiger partial charge in [0.2, 0.25) is 5.91 Å². The molecule has 0 aliphatic rings. The maximum absolute atomic E-state index is 12.3. The van der Waals surface area contributed by atoms with Crippen LogP contribution in [0.3, 0.4) is 0 Å². The summed E-state index contributed by atoms with van der Waals surface area (Å²) < 4.78 is 36.9. The Bertz CT molecular complexity index is 437. The summed E-state index contributed by atoms with van der Waals surface area (Å²) in [6.07, 6.45) is -4.14. The number of hydrogen-bond acceptors (Lipinski definition) is 4. The van der Waals surface area contributed by atoms with Crippen LogP contribution in [0.2, 0.25) is 0 Å². The van der Waals surface area contributed by atoms with Crippen molar-refractivity contribution in [3.63, 3.8) is 0 Å². The molecule has 0 radical (unpaired) electrons. The first-order chi connectivity index (χ1) is 8.71. The Morgan fingerprint density at radius 1 is 1.50 bits per heavy atom. The lowest BCUT2D eigenvalue weighted by Gasteiger charge is -2.14. The predicted octanol–water partition coefficient (Wildman–Crippen LogP) is 2.23. The van der Waals surface area contributed by atoms with Crippen LogP contribution in [-0.4, -0.2) is 23.5 Å². The highest BCUT2D eigenvalue weighted by molar-refractivity contribution is 7.09. The van der Waals surface area contributed by atoms with Gasteiger partial charge in [0.25, 0.3) is 0 Å². The molecule has 0 saturated carbocycles. The Labute approximate surface area is 125 Å². The van der Waals surface area contributed by atoms with Gasteiger partial charge in [0.1, 0.15) is 0 Å². The van der Waals surface area contributed by atoms with Crippen LogP contribution in [0.15, 0.2) is 5.38 Å². The molecule has 2 unspecified atom stereocenters. The quantitative estimate of drug-likeness (QED) is 0.869. The minimum Gasteiger partial charge on any atom is -0.355 e. The van der Waals surface area contributed by atoms with E-state index in [1.54, 1.807) is 13.8 Å². The van der Waals surface area contributed by atoms with E-state index in [0.717, 1.165) is 16.7 Å². The molecule has 20 heavy (non-hydrogen) atoms. The number of alkyl halides is 3. The van der Waals surface area contributed by atoms with Crippen molar-refractivity contribution in [2.75, 3.05) is 6.54 Å². The Morgan fingerprint density at radius 2 is 2.10 bits per heavy atom. The summed E-state index contributed by atoms with van der Waals surface area (Å²) in [6.45, 7) is 3.67. The second-order valence-electron chi connectivity index (χ2n) is 4.31. The molecule has 2 atom stereocenters. The standard InChI is InChI=1S/C11H16F3N3OS.ClH/c1-6(7(2)15)10(18)16-4-3-9-17-8(5-19-9)11(12,13)14;/h5-7H,3-4,15H2,1-2H3,(H,16,18);1H. The number of nitrogens with two attached hydrogens (primary N) is 1. The average molecular weight is 332 g/mol. The van der Waals surface area contributed by atoms with E-state index in [4.69, 9.17) is 5.73 Å². The second kappa shape index (κ2) is 7.80. The zero-order valence-electron chi connectivity index (χ0n) is 11.0. The number of thiazole rings is 1. The number of aromatic nitrogens is 1. The van der Waals surface area contributed by atoms with E-state index < -0.39 is 11.9 Å². The predicted molar refractivity (Wildman–Crippen MR) is 73.9 cm³/mol. The largest absolute Gasteiger partial charge is 0.434 e. The fraction of sp³-hybridized carbons (Fsp3) is 0.636. The third-order valence-electron chi connectivity index (χ3n) is 2.68. The first-order valence-corrected chi connectivity index (χ1v) is 6.64. The van der Waals surface area contributed by atoms with Gasteiger partial charge in [-0.2, -0.15) is 13.2 Å². The minimum atomic E-state index is -4.42. The van der Waals surface area contributed by atoms with Gasteiger partial charge in [-0.3, -0.25) is 4.79 Å². The first-order valence-electron chi connectivity index (χ1n) is 5.76. The molecule has 0 spiro atoms. The van der Waals surface area contributed by atoms with E-state index in [-0.39, 0.29) is 43.2 Å². The van der Waals surface area contributed by atoms with Crippen LogP contribution in [0.1, 0.15) is 24.5 Å². The van der Waals surface area contributed by atoms with Crippen molar-refractivity contribution >= 4 is 29.7 Å². The molecule has 0 bridgehead atoms. The number of hydrogen-bond donors (Lipinski definition) is 2. The van der Waals surface area contributed by atoms with E-state index >= 15 is 0 Å². The number of carbonyl (C=O) groups excluding carboxylic acids is 1. The van der Waals surface area contributed by atoms with Gasteiger partial charge in [-0.15, -0.1) is 23.7 Å². The van der Waals surface area contributed by atoms with Gasteiger partial charge in [-0.05, 0) is 6.92 Å². The topological polar surface area (TPSA) is 68.0 Å². The summed E-state index contributed by atoms with van der Waals surface area (Å²) in [4.78, 5) is 15.0. The highest BCUT2D eigenvalue weighted by atomic mass is 35.5. The summed E-state index contributed by atoms with van der Waals surface area (Å²) in [7, 11) is 0. The summed E-state index contributed by atoms with van der Waals surface area (Å²) in [5.41, 5.74) is 4.69. The van der Waals surface area contributed by atoms with Crippen LogP contribution in [0.5, 0.6) is 0 Å². The number of rotatable bonds is 5. The fourth-order valence-electron chi connectivity index (χ4n) is 1.25. The van der Waals surface area contributed by atoms with Crippen LogP contribution in [0, 0.1) is 5.92 Å². The Kier molecular flexibility index (Phi) is 7.46. The van der Waals surface area contributed by atoms with E-state index in [1.165, 1.54) is 0 Å². The summed E-state index contributed by atoms with van der Waals surface area (Å²) in [5, 5.41) is 3.95. The molecule has 4 nitrogen and oxygen atoms in total. The molecule has 1 aromatic heterocycles. The van der Waals surface area contributed by atoms with Gasteiger partial charge in [0, 0.05) is 30.3 Å². The first kappa shape index (κ1) is 19.1. The molecular formula is C11H17ClF3N3OS. The minimum absolute atomic E-state index is 0. The molecule has 0 fully saturated rings. The molecule has 0 aliphatic carbocycles. The molecule has 9 heteroatoms. The summed E-state index contributed by atoms with van der Waals surface area (Å²) >= 11 is 0.936. The summed E-state index contributed by atoms with van der Waals surface area (Å²) in [6, 6.07) is -0.267. The fourth-order valence-corrected chi connectivity index (χ4v) is 2.05. The molecular weight excluding hydrogens is 315 g/mol. The molecule has 1 rings (SSSR count). The van der Waals surface area contributed by atoms with Crippen LogP contribution >= 0.6 is 23.7 Å². The van der Waals surface area contributed by atoms with Crippen molar-refractivity contribution in [1.82, 2.24) is 10.3 Å². The van der Waals surface area contributed by atoms with Crippen LogP contribution in [0.4, 0.5) is 13.2 Å². The third kappa shape index (κ3) is 5.64. The Morgan fingerprint density at radius 3 is 2.55 bits per heavy atom. The lowest BCUT2D eigenvalue weighted by atomic mass is 10.0. The highest BCUT2D eigenvalue weighted by Gasteiger charge is 2.33. The Balaban J connectivity index is 0.00000361. The molecule has 3 N–H and O–H groups in total. The zero-order chi connectivity index (χ0) is 14.6. The third-order valence-corrected chi connectivity index (χ3v) is 3.59. The molecule has 0 aliphatic heterocycles. The van der Waals surface area contributed by atoms with E-state index in [2.05, 4.69) is 10.3 Å². The number of amides is 1. The van der Waals surface area contributed by atoms with E-state index in [1.807, 2.05) is 0 Å². The molecule has 0 aromatic carbocycles. The number of nitrogens with zero attached hydrogens (tertiary/aromatic N) is 1. The zero-order valence-corrected chi connectivity index (χ0v) is 12.7. The van der Waals surface area contributed by atoms with Crippen molar-refractivity contribution in [2.45, 2.75) is 32.5 Å². The lowest BCUT2D eigenvalue weighted by Crippen LogP contribution is -2.39. The normalized spacial score (nSPS) is 14.3. The van der Waals surface area contributed by atoms with Crippen molar-refractivity contribution in [1.29, 1.82) is 0 Å². The average Bonchev–Trinajstić information content (AvgIpc) is 2.76. The molecule has 1 heterocycles. The van der Waals surface area contributed by atoms with Gasteiger partial charge < -0.3 is 11.1 Å². The van der Waals surface area contributed by atoms with Crippen molar-refractivity contribution in [2.24, 2.45) is 11.7 Å².